The van der Waals surface area contributed by atoms with E-state index in [0.29, 0.717) is 0 Å². The van der Waals surface area contributed by atoms with E-state index in [2.05, 4.69) is 35.4 Å². The van der Waals surface area contributed by atoms with Crippen LogP contribution in [-0.4, -0.2) is 11.5 Å². The van der Waals surface area contributed by atoms with E-state index in [4.69, 9.17) is 10.5 Å². The summed E-state index contributed by atoms with van der Waals surface area (Å²) in [6.45, 7) is 3.34. The van der Waals surface area contributed by atoms with Gasteiger partial charge in [-0.15, -0.1) is 0 Å². The summed E-state index contributed by atoms with van der Waals surface area (Å²) in [5.41, 5.74) is 14.1. The molecule has 0 radical (unpaired) electrons. The van der Waals surface area contributed by atoms with Crippen LogP contribution in [0, 0.1) is 0 Å². The molecule has 0 aromatic rings. The van der Waals surface area contributed by atoms with Gasteiger partial charge < -0.3 is 16.9 Å². The molecule has 0 aromatic heterocycles. The molecule has 10 heavy (non-hydrogen) atoms. The van der Waals surface area contributed by atoms with Gasteiger partial charge in [0.15, 0.2) is 5.11 Å². The predicted octanol–water partition coefficient (Wildman–Crippen LogP) is -1.43. The fourth-order valence-electron chi connectivity index (χ4n) is 0.122. The first kappa shape index (κ1) is 11.5. The lowest BCUT2D eigenvalue weighted by atomic mass is 11.0. The van der Waals surface area contributed by atoms with E-state index < -0.39 is 0 Å². The number of primary amides is 1. The van der Waals surface area contributed by atoms with Gasteiger partial charge in [0.2, 0.25) is 6.41 Å². The van der Waals surface area contributed by atoms with Gasteiger partial charge in [-0.05, 0) is 12.2 Å². The van der Waals surface area contributed by atoms with E-state index in [9.17, 15) is 0 Å². The fourth-order valence-corrected chi connectivity index (χ4v) is 0.181. The lowest BCUT2D eigenvalue weighted by Crippen LogP contribution is -2.37. The van der Waals surface area contributed by atoms with E-state index in [-0.39, 0.29) is 11.5 Å². The summed E-state index contributed by atoms with van der Waals surface area (Å²) >= 11 is 4.42. The summed E-state index contributed by atoms with van der Waals surface area (Å²) in [5, 5.41) is 0.208. The summed E-state index contributed by atoms with van der Waals surface area (Å²) in [7, 11) is 0. The van der Waals surface area contributed by atoms with E-state index in [1.54, 1.807) is 0 Å². The van der Waals surface area contributed by atoms with Gasteiger partial charge in [-0.3, -0.25) is 10.2 Å². The first-order valence-electron chi connectivity index (χ1n) is 2.26. The average molecular weight is 162 g/mol. The van der Waals surface area contributed by atoms with Gasteiger partial charge in [-0.25, -0.2) is 0 Å². The van der Waals surface area contributed by atoms with Crippen molar-refractivity contribution in [1.82, 2.24) is 10.9 Å². The van der Waals surface area contributed by atoms with Crippen LogP contribution in [0.1, 0.15) is 0 Å². The molecule has 0 saturated heterocycles. The van der Waals surface area contributed by atoms with Crippen LogP contribution in [0.3, 0.4) is 0 Å². The number of rotatable bonds is 2. The lowest BCUT2D eigenvalue weighted by molar-refractivity contribution is -0.106. The number of carbonyl (C=O) groups excluding carboxylic acids is 1. The normalized spacial score (nSPS) is 6.00. The Balaban J connectivity index is 0. The number of hydrazine groups is 1. The second-order valence-corrected chi connectivity index (χ2v) is 1.41. The maximum absolute atomic E-state index is 8.58. The van der Waals surface area contributed by atoms with Crippen LogP contribution in [-0.2, 0) is 4.79 Å². The molecule has 6 N–H and O–H groups in total. The second-order valence-electron chi connectivity index (χ2n) is 0.974. The predicted molar refractivity (Wildman–Crippen MR) is 43.5 cm³/mol. The molecule has 0 unspecified atom stereocenters. The summed E-state index contributed by atoms with van der Waals surface area (Å²) < 4.78 is 0. The van der Waals surface area contributed by atoms with Crippen molar-refractivity contribution in [2.75, 3.05) is 0 Å². The van der Waals surface area contributed by atoms with Gasteiger partial charge in [-0.2, -0.15) is 0 Å². The molecule has 0 bridgehead atoms. The van der Waals surface area contributed by atoms with Crippen molar-refractivity contribution in [3.05, 3.63) is 12.8 Å². The molecule has 0 aromatic carbocycles. The minimum absolute atomic E-state index is 0.208. The van der Waals surface area contributed by atoms with Gasteiger partial charge in [0, 0.05) is 6.20 Å². The Kier molecular flexibility index (Phi) is 12.2. The minimum atomic E-state index is 0.208. The van der Waals surface area contributed by atoms with Crippen LogP contribution >= 0.6 is 12.2 Å². The van der Waals surface area contributed by atoms with Crippen molar-refractivity contribution in [3.63, 3.8) is 0 Å². The summed E-state index contributed by atoms with van der Waals surface area (Å²) in [4.78, 5) is 8.58. The van der Waals surface area contributed by atoms with Crippen molar-refractivity contribution in [3.8, 4) is 0 Å². The van der Waals surface area contributed by atoms with Crippen LogP contribution in [0.15, 0.2) is 12.8 Å². The van der Waals surface area contributed by atoms with E-state index in [1.165, 1.54) is 6.20 Å². The Morgan fingerprint density at radius 2 is 2.10 bits per heavy atom. The number of carbonyl (C=O) groups is 1. The van der Waals surface area contributed by atoms with Crippen LogP contribution < -0.4 is 22.3 Å². The number of hydrogen-bond acceptors (Lipinski definition) is 3. The third kappa shape index (κ3) is 29.9. The maximum atomic E-state index is 8.58. The second kappa shape index (κ2) is 10.6. The number of amides is 1. The van der Waals surface area contributed by atoms with Crippen molar-refractivity contribution in [1.29, 1.82) is 0 Å². The third-order valence-electron chi connectivity index (χ3n) is 0.297. The highest BCUT2D eigenvalue weighted by atomic mass is 32.1. The highest BCUT2D eigenvalue weighted by Crippen LogP contribution is 1.49. The zero-order chi connectivity index (χ0) is 8.41. The molecule has 0 aliphatic heterocycles. The SMILES string of the molecule is C=CNNC(N)=S.NC=O. The fraction of sp³-hybridized carbons (Fsp3) is 0. The molecule has 6 heteroatoms. The summed E-state index contributed by atoms with van der Waals surface area (Å²) in [6.07, 6.45) is 1.69. The van der Waals surface area contributed by atoms with Crippen LogP contribution in [0.2, 0.25) is 0 Å². The molecule has 5 nitrogen and oxygen atoms in total. The number of nitrogens with one attached hydrogen (secondary N) is 2. The Hall–Kier alpha value is -1.30. The molecule has 0 aliphatic rings. The highest BCUT2D eigenvalue weighted by Gasteiger charge is 1.73. The molecule has 0 aliphatic carbocycles. The molecule has 0 fully saturated rings. The van der Waals surface area contributed by atoms with Gasteiger partial charge in [0.25, 0.3) is 0 Å². The number of thiocarbonyl (C=S) groups is 1. The van der Waals surface area contributed by atoms with Crippen LogP contribution in [0.4, 0.5) is 0 Å². The first-order chi connectivity index (χ1) is 4.68. The quantitative estimate of drug-likeness (QED) is 0.227. The molecule has 0 rings (SSSR count). The van der Waals surface area contributed by atoms with E-state index in [0.717, 1.165) is 0 Å². The number of nitrogens with two attached hydrogens (primary N) is 2. The van der Waals surface area contributed by atoms with Gasteiger partial charge in [0.1, 0.15) is 0 Å². The van der Waals surface area contributed by atoms with Gasteiger partial charge >= 0.3 is 0 Å². The Bertz CT molecular complexity index is 116. The summed E-state index contributed by atoms with van der Waals surface area (Å²) in [6, 6.07) is 0. The Morgan fingerprint density at radius 3 is 2.20 bits per heavy atom. The van der Waals surface area contributed by atoms with Crippen molar-refractivity contribution in [2.45, 2.75) is 0 Å². The largest absolute Gasteiger partial charge is 0.375 e. The molecular weight excluding hydrogens is 152 g/mol. The first-order valence-corrected chi connectivity index (χ1v) is 2.67. The Morgan fingerprint density at radius 1 is 1.70 bits per heavy atom. The third-order valence-corrected chi connectivity index (χ3v) is 0.399. The van der Waals surface area contributed by atoms with Crippen LogP contribution in [0.5, 0.6) is 0 Å². The van der Waals surface area contributed by atoms with Gasteiger partial charge in [-0.1, -0.05) is 6.58 Å². The minimum Gasteiger partial charge on any atom is -0.375 e. The van der Waals surface area contributed by atoms with Crippen molar-refractivity contribution < 1.29 is 4.79 Å². The zero-order valence-electron chi connectivity index (χ0n) is 5.33. The van der Waals surface area contributed by atoms with E-state index in [1.807, 2.05) is 0 Å². The lowest BCUT2D eigenvalue weighted by Gasteiger charge is -1.98. The molecule has 0 saturated carbocycles. The zero-order valence-corrected chi connectivity index (χ0v) is 6.15. The molecule has 0 spiro atoms. The van der Waals surface area contributed by atoms with E-state index >= 15 is 0 Å². The average Bonchev–Trinajstić information content (AvgIpc) is 1.85. The standard InChI is InChI=1S/C3H7N3S.CH3NO/c1-2-5-6-3(4)7;2-1-3/h2,5H,1H2,(H3,4,6,7);1H,(H2,2,3). The molecule has 0 heterocycles. The highest BCUT2D eigenvalue weighted by molar-refractivity contribution is 7.80. The maximum Gasteiger partial charge on any atom is 0.204 e. The van der Waals surface area contributed by atoms with Crippen molar-refractivity contribution >= 4 is 23.7 Å². The van der Waals surface area contributed by atoms with Crippen LogP contribution in [0.25, 0.3) is 0 Å². The van der Waals surface area contributed by atoms with Gasteiger partial charge in [0.05, 0.1) is 0 Å². The number of hydrogen-bond donors (Lipinski definition) is 4. The smallest absolute Gasteiger partial charge is 0.204 e. The van der Waals surface area contributed by atoms with Crippen molar-refractivity contribution in [2.24, 2.45) is 11.5 Å². The molecule has 1 amide bonds. The monoisotopic (exact) mass is 162 g/mol. The topological polar surface area (TPSA) is 93.2 Å². The molecular formula is C4H10N4OS. The summed E-state index contributed by atoms with van der Waals surface area (Å²) in [5.74, 6) is 0. The molecule has 0 atom stereocenters. The Labute approximate surface area is 64.4 Å². The molecule has 58 valence electrons.